The lowest BCUT2D eigenvalue weighted by atomic mass is 10.1. The van der Waals surface area contributed by atoms with Crippen molar-refractivity contribution in [3.8, 4) is 22.6 Å². The van der Waals surface area contributed by atoms with E-state index >= 15 is 0 Å². The summed E-state index contributed by atoms with van der Waals surface area (Å²) in [6, 6.07) is 27.9. The standard InChI is InChI=1S/C30H22N6O4S/c1-2-39-29(38)27-34-36(23-14-7-4-8-15-23)30(41-27)32-31-18-21-19-35(22-12-5-3-6-13-22)33-26(21)24-17-20-11-9-10-16-25(20)40-28(24)37/h3-19H,2H2,1H3/b31-18?,32-30-. The summed E-state index contributed by atoms with van der Waals surface area (Å²) in [5.74, 6) is -0.540. The second-order valence-corrected chi connectivity index (χ2v) is 9.66. The van der Waals surface area contributed by atoms with Crippen molar-refractivity contribution in [1.82, 2.24) is 19.6 Å². The molecule has 0 radical (unpaired) electrons. The molecule has 10 nitrogen and oxygen atoms in total. The highest BCUT2D eigenvalue weighted by atomic mass is 32.1. The highest BCUT2D eigenvalue weighted by Gasteiger charge is 2.17. The summed E-state index contributed by atoms with van der Waals surface area (Å²) < 4.78 is 13.9. The molecule has 0 saturated heterocycles. The van der Waals surface area contributed by atoms with E-state index in [0.717, 1.165) is 22.4 Å². The van der Waals surface area contributed by atoms with Crippen LogP contribution >= 0.6 is 11.3 Å². The Balaban J connectivity index is 1.47. The molecular weight excluding hydrogens is 540 g/mol. The first-order chi connectivity index (χ1) is 20.1. The number of fused-ring (bicyclic) bond motifs is 1. The van der Waals surface area contributed by atoms with Gasteiger partial charge < -0.3 is 9.15 Å². The fraction of sp³-hybridized carbons (Fsp3) is 0.0667. The minimum Gasteiger partial charge on any atom is -0.461 e. The molecule has 0 unspecified atom stereocenters. The molecule has 6 rings (SSSR count). The lowest BCUT2D eigenvalue weighted by Gasteiger charge is -2.01. The summed E-state index contributed by atoms with van der Waals surface area (Å²) >= 11 is 1.06. The van der Waals surface area contributed by atoms with Gasteiger partial charge in [-0.3, -0.25) is 0 Å². The van der Waals surface area contributed by atoms with E-state index in [9.17, 15) is 9.59 Å². The number of hydrogen-bond acceptors (Lipinski definition) is 9. The van der Waals surface area contributed by atoms with Gasteiger partial charge in [0.15, 0.2) is 0 Å². The Hall–Kier alpha value is -5.42. The van der Waals surface area contributed by atoms with Crippen LogP contribution in [0.2, 0.25) is 0 Å². The van der Waals surface area contributed by atoms with Gasteiger partial charge in [-0.2, -0.15) is 10.2 Å². The number of ether oxygens (including phenoxy) is 1. The molecule has 11 heteroatoms. The number of aromatic nitrogens is 4. The van der Waals surface area contributed by atoms with Crippen LogP contribution < -0.4 is 10.4 Å². The summed E-state index contributed by atoms with van der Waals surface area (Å²) in [6.07, 6.45) is 3.27. The Labute approximate surface area is 237 Å². The van der Waals surface area contributed by atoms with Crippen molar-refractivity contribution in [2.24, 2.45) is 10.2 Å². The minimum absolute atomic E-state index is 0.149. The second kappa shape index (κ2) is 11.4. The van der Waals surface area contributed by atoms with Crippen molar-refractivity contribution in [3.05, 3.63) is 123 Å². The zero-order valence-electron chi connectivity index (χ0n) is 21.7. The Bertz CT molecular complexity index is 2010. The van der Waals surface area contributed by atoms with Crippen LogP contribution in [0.3, 0.4) is 0 Å². The maximum Gasteiger partial charge on any atom is 0.369 e. The average Bonchev–Trinajstić information content (AvgIpc) is 3.63. The summed E-state index contributed by atoms with van der Waals surface area (Å²) in [7, 11) is 0. The Morgan fingerprint density at radius 1 is 0.976 bits per heavy atom. The fourth-order valence-electron chi connectivity index (χ4n) is 4.13. The SMILES string of the molecule is CCOC(=O)c1nn(-c2ccccc2)/c(=N/N=Cc2cn(-c3ccccc3)nc2-c2cc3ccccc3oc2=O)s1. The molecule has 41 heavy (non-hydrogen) atoms. The molecule has 0 amide bonds. The third-order valence-electron chi connectivity index (χ3n) is 6.01. The van der Waals surface area contributed by atoms with E-state index in [0.29, 0.717) is 32.9 Å². The van der Waals surface area contributed by atoms with Crippen molar-refractivity contribution in [1.29, 1.82) is 0 Å². The van der Waals surface area contributed by atoms with Crippen molar-refractivity contribution >= 4 is 34.5 Å². The predicted molar refractivity (Wildman–Crippen MR) is 156 cm³/mol. The van der Waals surface area contributed by atoms with Crippen LogP contribution in [0.1, 0.15) is 22.3 Å². The van der Waals surface area contributed by atoms with E-state index in [1.54, 1.807) is 29.9 Å². The summed E-state index contributed by atoms with van der Waals surface area (Å²) in [4.78, 5) is 25.8. The number of nitrogens with zero attached hydrogens (tertiary/aromatic N) is 6. The number of hydrogen-bond donors (Lipinski definition) is 0. The number of benzene rings is 3. The van der Waals surface area contributed by atoms with Crippen LogP contribution in [-0.4, -0.2) is 38.4 Å². The van der Waals surface area contributed by atoms with Gasteiger partial charge in [-0.15, -0.1) is 10.2 Å². The highest BCUT2D eigenvalue weighted by molar-refractivity contribution is 7.10. The zero-order chi connectivity index (χ0) is 28.2. The molecule has 0 N–H and O–H groups in total. The van der Waals surface area contributed by atoms with Gasteiger partial charge in [-0.05, 0) is 43.3 Å². The Kier molecular flexibility index (Phi) is 7.16. The minimum atomic E-state index is -0.540. The second-order valence-electron chi connectivity index (χ2n) is 8.70. The average molecular weight is 563 g/mol. The maximum atomic E-state index is 13.0. The highest BCUT2D eigenvalue weighted by Crippen LogP contribution is 2.24. The first-order valence-electron chi connectivity index (χ1n) is 12.7. The van der Waals surface area contributed by atoms with Crippen molar-refractivity contribution < 1.29 is 13.9 Å². The first kappa shape index (κ1) is 25.8. The molecule has 0 atom stereocenters. The van der Waals surface area contributed by atoms with Gasteiger partial charge >= 0.3 is 11.6 Å². The third-order valence-corrected chi connectivity index (χ3v) is 6.89. The van der Waals surface area contributed by atoms with E-state index in [-0.39, 0.29) is 11.6 Å². The van der Waals surface area contributed by atoms with Crippen LogP contribution in [0.15, 0.2) is 117 Å². The molecule has 0 aliphatic carbocycles. The zero-order valence-corrected chi connectivity index (χ0v) is 22.6. The fourth-order valence-corrected chi connectivity index (χ4v) is 4.89. The van der Waals surface area contributed by atoms with Crippen molar-refractivity contribution in [3.63, 3.8) is 0 Å². The molecule has 0 bridgehead atoms. The molecule has 0 aliphatic rings. The number of esters is 1. The van der Waals surface area contributed by atoms with Gasteiger partial charge in [-0.25, -0.2) is 19.0 Å². The molecular formula is C30H22N6O4S. The number of rotatable bonds is 7. The topological polar surface area (TPSA) is 117 Å². The summed E-state index contributed by atoms with van der Waals surface area (Å²) in [6.45, 7) is 1.96. The van der Waals surface area contributed by atoms with E-state index in [4.69, 9.17) is 14.3 Å². The third kappa shape index (κ3) is 5.38. The van der Waals surface area contributed by atoms with Crippen LogP contribution in [-0.2, 0) is 4.74 Å². The molecule has 3 aromatic heterocycles. The maximum absolute atomic E-state index is 13.0. The van der Waals surface area contributed by atoms with Crippen LogP contribution in [0, 0.1) is 0 Å². The molecule has 3 aromatic carbocycles. The molecule has 0 saturated carbocycles. The molecule has 3 heterocycles. The summed E-state index contributed by atoms with van der Waals surface area (Å²) in [5.41, 5.74) is 2.71. The van der Waals surface area contributed by atoms with Crippen LogP contribution in [0.25, 0.3) is 33.6 Å². The summed E-state index contributed by atoms with van der Waals surface area (Å²) in [5, 5.41) is 18.7. The largest absolute Gasteiger partial charge is 0.461 e. The van der Waals surface area contributed by atoms with E-state index < -0.39 is 11.6 Å². The predicted octanol–water partition coefficient (Wildman–Crippen LogP) is 5.00. The normalized spacial score (nSPS) is 11.9. The molecule has 0 aliphatic heterocycles. The van der Waals surface area contributed by atoms with E-state index in [1.807, 2.05) is 78.9 Å². The van der Waals surface area contributed by atoms with Gasteiger partial charge in [0.1, 0.15) is 11.3 Å². The Morgan fingerprint density at radius 3 is 2.44 bits per heavy atom. The van der Waals surface area contributed by atoms with Gasteiger partial charge in [0.2, 0.25) is 9.81 Å². The number of carbonyl (C=O) groups is 1. The molecule has 202 valence electrons. The van der Waals surface area contributed by atoms with Crippen LogP contribution in [0.5, 0.6) is 0 Å². The lowest BCUT2D eigenvalue weighted by molar-refractivity contribution is 0.0524. The molecule has 6 aromatic rings. The first-order valence-corrected chi connectivity index (χ1v) is 13.5. The number of carbonyl (C=O) groups excluding carboxylic acids is 1. The van der Waals surface area contributed by atoms with E-state index in [1.165, 1.54) is 10.9 Å². The van der Waals surface area contributed by atoms with Crippen LogP contribution in [0.4, 0.5) is 0 Å². The van der Waals surface area contributed by atoms with E-state index in [2.05, 4.69) is 15.3 Å². The molecule has 0 fully saturated rings. The van der Waals surface area contributed by atoms with Gasteiger partial charge in [0.25, 0.3) is 0 Å². The van der Waals surface area contributed by atoms with Gasteiger partial charge in [0, 0.05) is 17.1 Å². The van der Waals surface area contributed by atoms with Gasteiger partial charge in [0.05, 0.1) is 29.8 Å². The van der Waals surface area contributed by atoms with Gasteiger partial charge in [-0.1, -0.05) is 65.9 Å². The Morgan fingerprint density at radius 2 is 1.68 bits per heavy atom. The lowest BCUT2D eigenvalue weighted by Crippen LogP contribution is -2.14. The molecule has 0 spiro atoms. The smallest absolute Gasteiger partial charge is 0.369 e. The van der Waals surface area contributed by atoms with Crippen molar-refractivity contribution in [2.45, 2.75) is 6.92 Å². The monoisotopic (exact) mass is 562 g/mol. The quantitative estimate of drug-likeness (QED) is 0.117. The van der Waals surface area contributed by atoms with Crippen molar-refractivity contribution in [2.75, 3.05) is 6.61 Å². The number of para-hydroxylation sites is 3.